The number of carboxylic acids is 1. The Morgan fingerprint density at radius 3 is 2.24 bits per heavy atom. The van der Waals surface area contributed by atoms with Gasteiger partial charge in [0.2, 0.25) is 11.8 Å². The Morgan fingerprint density at radius 2 is 1.66 bits per heavy atom. The van der Waals surface area contributed by atoms with Crippen molar-refractivity contribution in [2.75, 3.05) is 7.11 Å². The summed E-state index contributed by atoms with van der Waals surface area (Å²) in [5.74, 6) is -2.21. The molecule has 0 unspecified atom stereocenters. The van der Waals surface area contributed by atoms with E-state index in [2.05, 4.69) is 10.6 Å². The van der Waals surface area contributed by atoms with E-state index in [4.69, 9.17) is 4.74 Å². The van der Waals surface area contributed by atoms with Crippen molar-refractivity contribution in [2.45, 2.75) is 31.8 Å². The minimum Gasteiger partial charge on any atom is -0.496 e. The minimum absolute atomic E-state index is 0.00836. The summed E-state index contributed by atoms with van der Waals surface area (Å²) >= 11 is 0. The van der Waals surface area contributed by atoms with E-state index < -0.39 is 35.7 Å². The van der Waals surface area contributed by atoms with Crippen molar-refractivity contribution >= 4 is 17.8 Å². The zero-order valence-corrected chi connectivity index (χ0v) is 16.1. The lowest BCUT2D eigenvalue weighted by molar-refractivity contribution is -0.142. The topological polar surface area (TPSA) is 105 Å². The number of aliphatic carboxylic acids is 1. The number of para-hydroxylation sites is 1. The Kier molecular flexibility index (Phi) is 7.70. The number of carbonyl (C=O) groups excluding carboxylic acids is 2. The second kappa shape index (κ2) is 10.2. The maximum atomic E-state index is 13.1. The average molecular weight is 402 g/mol. The second-order valence-corrected chi connectivity index (χ2v) is 6.50. The molecule has 3 N–H and O–H groups in total. The summed E-state index contributed by atoms with van der Waals surface area (Å²) in [6.07, 6.45) is 0.0983. The van der Waals surface area contributed by atoms with Crippen molar-refractivity contribution < 1.29 is 28.6 Å². The van der Waals surface area contributed by atoms with Crippen molar-refractivity contribution in [3.05, 3.63) is 65.5 Å². The molecule has 0 saturated carbocycles. The van der Waals surface area contributed by atoms with E-state index in [0.29, 0.717) is 16.9 Å². The lowest BCUT2D eigenvalue weighted by Crippen LogP contribution is -2.52. The van der Waals surface area contributed by atoms with Gasteiger partial charge >= 0.3 is 5.97 Å². The molecule has 29 heavy (non-hydrogen) atoms. The molecule has 0 fully saturated rings. The van der Waals surface area contributed by atoms with Crippen LogP contribution in [0.2, 0.25) is 0 Å². The molecule has 2 rings (SSSR count). The summed E-state index contributed by atoms with van der Waals surface area (Å²) in [7, 11) is 1.47. The first kappa shape index (κ1) is 21.9. The van der Waals surface area contributed by atoms with Crippen LogP contribution >= 0.6 is 0 Å². The first-order chi connectivity index (χ1) is 13.8. The third kappa shape index (κ3) is 6.60. The van der Waals surface area contributed by atoms with Gasteiger partial charge in [0, 0.05) is 19.8 Å². The maximum absolute atomic E-state index is 13.1. The number of benzene rings is 2. The summed E-state index contributed by atoms with van der Waals surface area (Å²) in [5, 5.41) is 14.5. The second-order valence-electron chi connectivity index (χ2n) is 6.50. The molecule has 2 aromatic rings. The Balaban J connectivity index is 2.16. The number of methoxy groups -OCH3 is 1. The van der Waals surface area contributed by atoms with Gasteiger partial charge in [0.05, 0.1) is 7.11 Å². The highest BCUT2D eigenvalue weighted by Crippen LogP contribution is 2.19. The van der Waals surface area contributed by atoms with Crippen molar-refractivity contribution in [3.8, 4) is 5.75 Å². The standard InChI is InChI=1S/C21H23FN2O5/c1-13(25)23-17(11-14-7-9-16(22)10-8-14)20(26)24-18(21(27)28)12-15-5-3-4-6-19(15)29-2/h3-10,17-18H,11-12H2,1-2H3,(H,23,25)(H,24,26)(H,27,28)/t17-,18+/m0/s1. The van der Waals surface area contributed by atoms with Crippen LogP contribution < -0.4 is 15.4 Å². The highest BCUT2D eigenvalue weighted by atomic mass is 19.1. The number of hydrogen-bond acceptors (Lipinski definition) is 4. The average Bonchev–Trinajstić information content (AvgIpc) is 2.68. The number of halogens is 1. The number of ether oxygens (including phenoxy) is 1. The molecule has 0 spiro atoms. The largest absolute Gasteiger partial charge is 0.496 e. The zero-order chi connectivity index (χ0) is 21.4. The number of carbonyl (C=O) groups is 3. The van der Waals surface area contributed by atoms with Crippen LogP contribution in [-0.4, -0.2) is 42.1 Å². The maximum Gasteiger partial charge on any atom is 0.326 e. The van der Waals surface area contributed by atoms with E-state index in [1.807, 2.05) is 0 Å². The quantitative estimate of drug-likeness (QED) is 0.592. The van der Waals surface area contributed by atoms with Gasteiger partial charge in [-0.1, -0.05) is 30.3 Å². The molecule has 0 heterocycles. The molecular formula is C21H23FN2O5. The highest BCUT2D eigenvalue weighted by Gasteiger charge is 2.27. The van der Waals surface area contributed by atoms with Crippen LogP contribution in [0.25, 0.3) is 0 Å². The molecule has 8 heteroatoms. The monoisotopic (exact) mass is 402 g/mol. The minimum atomic E-state index is -1.22. The van der Waals surface area contributed by atoms with Gasteiger partial charge in [-0.15, -0.1) is 0 Å². The van der Waals surface area contributed by atoms with Gasteiger partial charge in [-0.05, 0) is 29.3 Å². The lowest BCUT2D eigenvalue weighted by Gasteiger charge is -2.21. The molecule has 2 atom stereocenters. The first-order valence-corrected chi connectivity index (χ1v) is 8.96. The molecule has 0 saturated heterocycles. The van der Waals surface area contributed by atoms with Crippen LogP contribution in [-0.2, 0) is 27.2 Å². The number of nitrogens with one attached hydrogen (secondary N) is 2. The van der Waals surface area contributed by atoms with Gasteiger partial charge in [-0.25, -0.2) is 9.18 Å². The van der Waals surface area contributed by atoms with E-state index in [9.17, 15) is 23.9 Å². The Hall–Kier alpha value is -3.42. The summed E-state index contributed by atoms with van der Waals surface area (Å²) in [5.41, 5.74) is 1.24. The fourth-order valence-electron chi connectivity index (χ4n) is 2.87. The molecular weight excluding hydrogens is 379 g/mol. The molecule has 0 aliphatic rings. The van der Waals surface area contributed by atoms with Crippen molar-refractivity contribution in [1.82, 2.24) is 10.6 Å². The zero-order valence-electron chi connectivity index (χ0n) is 16.1. The van der Waals surface area contributed by atoms with Crippen LogP contribution in [0, 0.1) is 5.82 Å². The van der Waals surface area contributed by atoms with Crippen LogP contribution in [0.1, 0.15) is 18.1 Å². The molecule has 0 aromatic heterocycles. The van der Waals surface area contributed by atoms with Gasteiger partial charge < -0.3 is 20.5 Å². The normalized spacial score (nSPS) is 12.5. The number of hydrogen-bond donors (Lipinski definition) is 3. The predicted molar refractivity (Wildman–Crippen MR) is 104 cm³/mol. The summed E-state index contributed by atoms with van der Waals surface area (Å²) in [6.45, 7) is 1.26. The van der Waals surface area contributed by atoms with Gasteiger partial charge in [-0.3, -0.25) is 9.59 Å². The van der Waals surface area contributed by atoms with Gasteiger partial charge in [0.25, 0.3) is 0 Å². The summed E-state index contributed by atoms with van der Waals surface area (Å²) in [6, 6.07) is 10.2. The molecule has 0 aliphatic heterocycles. The van der Waals surface area contributed by atoms with Crippen molar-refractivity contribution in [3.63, 3.8) is 0 Å². The number of amides is 2. The van der Waals surface area contributed by atoms with E-state index in [-0.39, 0.29) is 12.8 Å². The number of rotatable bonds is 9. The Bertz CT molecular complexity index is 870. The third-order valence-electron chi connectivity index (χ3n) is 4.28. The Labute approximate surface area is 167 Å². The molecule has 2 aromatic carbocycles. The molecule has 2 amide bonds. The first-order valence-electron chi connectivity index (χ1n) is 8.96. The van der Waals surface area contributed by atoms with Crippen molar-refractivity contribution in [2.24, 2.45) is 0 Å². The molecule has 0 radical (unpaired) electrons. The van der Waals surface area contributed by atoms with E-state index in [1.54, 1.807) is 24.3 Å². The smallest absolute Gasteiger partial charge is 0.326 e. The Morgan fingerprint density at radius 1 is 1.00 bits per heavy atom. The molecule has 7 nitrogen and oxygen atoms in total. The van der Waals surface area contributed by atoms with Crippen LogP contribution in [0.4, 0.5) is 4.39 Å². The lowest BCUT2D eigenvalue weighted by atomic mass is 10.0. The van der Waals surface area contributed by atoms with Crippen LogP contribution in [0.5, 0.6) is 5.75 Å². The molecule has 0 bridgehead atoms. The third-order valence-corrected chi connectivity index (χ3v) is 4.28. The highest BCUT2D eigenvalue weighted by molar-refractivity contribution is 5.90. The predicted octanol–water partition coefficient (Wildman–Crippen LogP) is 1.69. The van der Waals surface area contributed by atoms with E-state index in [0.717, 1.165) is 0 Å². The van der Waals surface area contributed by atoms with Crippen LogP contribution in [0.3, 0.4) is 0 Å². The summed E-state index contributed by atoms with van der Waals surface area (Å²) in [4.78, 5) is 35.9. The van der Waals surface area contributed by atoms with Gasteiger partial charge in [-0.2, -0.15) is 0 Å². The fourth-order valence-corrected chi connectivity index (χ4v) is 2.87. The van der Waals surface area contributed by atoms with E-state index in [1.165, 1.54) is 38.3 Å². The summed E-state index contributed by atoms with van der Waals surface area (Å²) < 4.78 is 18.3. The van der Waals surface area contributed by atoms with Gasteiger partial charge in [0.1, 0.15) is 23.7 Å². The SMILES string of the molecule is COc1ccccc1C[C@@H](NC(=O)[C@H](Cc1ccc(F)cc1)NC(C)=O)C(=O)O. The van der Waals surface area contributed by atoms with Crippen LogP contribution in [0.15, 0.2) is 48.5 Å². The molecule has 154 valence electrons. The molecule has 0 aliphatic carbocycles. The van der Waals surface area contributed by atoms with Crippen molar-refractivity contribution in [1.29, 1.82) is 0 Å². The fraction of sp³-hybridized carbons (Fsp3) is 0.286. The van der Waals surface area contributed by atoms with Gasteiger partial charge in [0.15, 0.2) is 0 Å². The van der Waals surface area contributed by atoms with E-state index >= 15 is 0 Å². The number of carboxylic acid groups (broad SMARTS) is 1.